The quantitative estimate of drug-likeness (QED) is 0.176. The van der Waals surface area contributed by atoms with Crippen LogP contribution in [0.3, 0.4) is 0 Å². The number of rotatable bonds is 0. The van der Waals surface area contributed by atoms with Gasteiger partial charge in [0.25, 0.3) is 23.1 Å². The molecular formula is C44H48O14. The molecule has 308 valence electrons. The van der Waals surface area contributed by atoms with Crippen LogP contribution in [0.4, 0.5) is 0 Å². The second kappa shape index (κ2) is 17.9. The van der Waals surface area contributed by atoms with Crippen LogP contribution in [-0.2, 0) is 90.1 Å². The molecule has 0 aromatic heterocycles. The van der Waals surface area contributed by atoms with Crippen molar-refractivity contribution in [3.63, 3.8) is 0 Å². The van der Waals surface area contributed by atoms with E-state index in [0.29, 0.717) is 79.3 Å². The van der Waals surface area contributed by atoms with Gasteiger partial charge in [-0.2, -0.15) is 19.6 Å². The lowest BCUT2D eigenvalue weighted by Crippen LogP contribution is -2.55. The van der Waals surface area contributed by atoms with Gasteiger partial charge in [0.15, 0.2) is 0 Å². The minimum atomic E-state index is -1.29. The molecule has 12 rings (SSSR count). The molecular weight excluding hydrogens is 752 g/mol. The maximum atomic E-state index is 6.48. The zero-order chi connectivity index (χ0) is 39.1. The molecule has 4 bridgehead atoms. The van der Waals surface area contributed by atoms with Gasteiger partial charge >= 0.3 is 0 Å². The Kier molecular flexibility index (Phi) is 12.3. The lowest BCUT2D eigenvalue weighted by atomic mass is 9.76. The molecule has 2 aliphatic carbocycles. The average molecular weight is 801 g/mol. The van der Waals surface area contributed by atoms with Crippen LogP contribution in [0.1, 0.15) is 44.5 Å². The highest BCUT2D eigenvalue weighted by Crippen LogP contribution is 2.58. The van der Waals surface area contributed by atoms with Crippen LogP contribution in [0.2, 0.25) is 0 Å². The fourth-order valence-corrected chi connectivity index (χ4v) is 8.18. The largest absolute Gasteiger partial charge is 0.377 e. The highest BCUT2D eigenvalue weighted by Gasteiger charge is 2.62. The fraction of sp³-hybridized carbons (Fsp3) is 0.455. The van der Waals surface area contributed by atoms with Crippen LogP contribution in [0.5, 0.6) is 0 Å². The Balaban J connectivity index is 0.839. The van der Waals surface area contributed by atoms with Crippen LogP contribution < -0.4 is 0 Å². The second-order valence-corrected chi connectivity index (χ2v) is 14.1. The Morgan fingerprint density at radius 3 is 0.552 bits per heavy atom. The first-order valence-electron chi connectivity index (χ1n) is 19.9. The van der Waals surface area contributed by atoms with Gasteiger partial charge in [0, 0.05) is 44.5 Å². The molecule has 0 atom stereocenters. The first-order valence-corrected chi connectivity index (χ1v) is 19.9. The third-order valence-electron chi connectivity index (χ3n) is 10.7. The molecule has 1 fully saturated rings. The first kappa shape index (κ1) is 39.8. The fourth-order valence-electron chi connectivity index (χ4n) is 8.18. The topological polar surface area (TPSA) is 129 Å². The Morgan fingerprint density at radius 2 is 0.379 bits per heavy atom. The summed E-state index contributed by atoms with van der Waals surface area (Å²) in [7, 11) is 0. The summed E-state index contributed by atoms with van der Waals surface area (Å²) in [6.07, 6.45) is 0. The molecule has 0 N–H and O–H groups in total. The Bertz CT molecular complexity index is 1620. The van der Waals surface area contributed by atoms with Crippen molar-refractivity contribution in [2.75, 3.05) is 106 Å². The van der Waals surface area contributed by atoms with E-state index in [0.717, 1.165) is 44.5 Å². The van der Waals surface area contributed by atoms with Crippen molar-refractivity contribution in [1.29, 1.82) is 0 Å². The number of fused-ring (bicyclic) bond motifs is 24. The van der Waals surface area contributed by atoms with Gasteiger partial charge in [0.05, 0.1) is 106 Å². The summed E-state index contributed by atoms with van der Waals surface area (Å²) in [6.45, 7) is 5.32. The third kappa shape index (κ3) is 7.20. The zero-order valence-electron chi connectivity index (χ0n) is 32.3. The van der Waals surface area contributed by atoms with Crippen molar-refractivity contribution >= 4 is 0 Å². The van der Waals surface area contributed by atoms with Crippen molar-refractivity contribution in [3.8, 4) is 0 Å². The molecule has 0 radical (unpaired) electrons. The molecule has 6 aliphatic heterocycles. The lowest BCUT2D eigenvalue weighted by Gasteiger charge is -2.51. The SMILES string of the molecule is c1ccc2c(c1)C13OCCOCCOCCOCCOC45OOC(OCCOCCOCCOCCOC2(OO1)c1ccccc13)(c1ccccc14)c1ccccc15. The van der Waals surface area contributed by atoms with E-state index in [9.17, 15) is 0 Å². The molecule has 0 unspecified atom stereocenters. The van der Waals surface area contributed by atoms with Crippen LogP contribution >= 0.6 is 0 Å². The zero-order valence-corrected chi connectivity index (χ0v) is 32.3. The Hall–Kier alpha value is -3.68. The van der Waals surface area contributed by atoms with Crippen LogP contribution in [0, 0.1) is 0 Å². The van der Waals surface area contributed by atoms with Crippen molar-refractivity contribution in [2.24, 2.45) is 0 Å². The molecule has 14 heteroatoms. The second-order valence-electron chi connectivity index (χ2n) is 14.1. The van der Waals surface area contributed by atoms with Crippen molar-refractivity contribution in [2.45, 2.75) is 23.1 Å². The summed E-state index contributed by atoms with van der Waals surface area (Å²) >= 11 is 0. The van der Waals surface area contributed by atoms with E-state index in [2.05, 4.69) is 0 Å². The summed E-state index contributed by atoms with van der Waals surface area (Å²) in [5.74, 6) is -5.15. The van der Waals surface area contributed by atoms with Crippen molar-refractivity contribution in [1.82, 2.24) is 0 Å². The standard InChI is InChI=1S/C44H48O14/c1-2-10-34-33(9-1)41-35-11-3-4-12-36(35)42(34,56-55-41)52-30-26-48-22-18-46-20-24-50-28-32-54-44-39-15-7-5-13-37(39)43(57-58-44,38-14-6-8-16-40(38)44)53-31-27-49-23-19-45-17-21-47-25-29-51-41/h1-16H,17-32H2. The summed E-state index contributed by atoms with van der Waals surface area (Å²) in [5, 5.41) is 0. The van der Waals surface area contributed by atoms with E-state index in [1.807, 2.05) is 97.1 Å². The van der Waals surface area contributed by atoms with Gasteiger partial charge in [-0.3, -0.25) is 0 Å². The molecule has 0 spiro atoms. The van der Waals surface area contributed by atoms with E-state index in [4.69, 9.17) is 66.9 Å². The lowest BCUT2D eigenvalue weighted by molar-refractivity contribution is -0.522. The van der Waals surface area contributed by atoms with Gasteiger partial charge < -0.3 is 47.4 Å². The van der Waals surface area contributed by atoms with E-state index in [1.54, 1.807) is 0 Å². The van der Waals surface area contributed by atoms with Crippen molar-refractivity contribution < 1.29 is 66.9 Å². The van der Waals surface area contributed by atoms with Gasteiger partial charge in [0.1, 0.15) is 0 Å². The molecule has 6 heterocycles. The number of ether oxygens (including phenoxy) is 10. The summed E-state index contributed by atoms with van der Waals surface area (Å²) < 4.78 is 60.9. The maximum Gasteiger partial charge on any atom is 0.255 e. The molecule has 8 aliphatic rings. The van der Waals surface area contributed by atoms with E-state index in [-0.39, 0.29) is 26.4 Å². The molecule has 1 saturated heterocycles. The normalized spacial score (nSPS) is 30.3. The van der Waals surface area contributed by atoms with Crippen LogP contribution in [-0.4, -0.2) is 106 Å². The molecule has 14 nitrogen and oxygen atoms in total. The minimum Gasteiger partial charge on any atom is -0.377 e. The Morgan fingerprint density at radius 1 is 0.224 bits per heavy atom. The number of benzene rings is 4. The minimum absolute atomic E-state index is 0.240. The molecule has 0 saturated carbocycles. The number of hydrogen-bond acceptors (Lipinski definition) is 14. The van der Waals surface area contributed by atoms with Gasteiger partial charge in [0.2, 0.25) is 0 Å². The predicted octanol–water partition coefficient (Wildman–Crippen LogP) is 4.92. The van der Waals surface area contributed by atoms with Crippen LogP contribution in [0.15, 0.2) is 97.1 Å². The van der Waals surface area contributed by atoms with E-state index >= 15 is 0 Å². The van der Waals surface area contributed by atoms with Crippen LogP contribution in [0.25, 0.3) is 0 Å². The monoisotopic (exact) mass is 800 g/mol. The molecule has 58 heavy (non-hydrogen) atoms. The van der Waals surface area contributed by atoms with E-state index in [1.165, 1.54) is 0 Å². The van der Waals surface area contributed by atoms with Crippen molar-refractivity contribution in [3.05, 3.63) is 142 Å². The number of hydrogen-bond donors (Lipinski definition) is 0. The Labute approximate surface area is 336 Å². The summed E-state index contributed by atoms with van der Waals surface area (Å²) in [6, 6.07) is 31.4. The highest BCUT2D eigenvalue weighted by atomic mass is 17.3. The highest BCUT2D eigenvalue weighted by molar-refractivity contribution is 5.57. The van der Waals surface area contributed by atoms with Gasteiger partial charge in [-0.25, -0.2) is 0 Å². The predicted molar refractivity (Wildman–Crippen MR) is 202 cm³/mol. The first-order chi connectivity index (χ1) is 28.7. The molecule has 4 aromatic carbocycles. The van der Waals surface area contributed by atoms with E-state index < -0.39 is 23.1 Å². The molecule has 4 aromatic rings. The van der Waals surface area contributed by atoms with Gasteiger partial charge in [-0.1, -0.05) is 97.1 Å². The third-order valence-corrected chi connectivity index (χ3v) is 10.7. The average Bonchev–Trinajstić information content (AvgIpc) is 3.28. The smallest absolute Gasteiger partial charge is 0.255 e. The molecule has 0 amide bonds. The van der Waals surface area contributed by atoms with Gasteiger partial charge in [-0.15, -0.1) is 0 Å². The maximum absolute atomic E-state index is 6.48. The summed E-state index contributed by atoms with van der Waals surface area (Å²) in [4.78, 5) is 24.4. The van der Waals surface area contributed by atoms with Gasteiger partial charge in [-0.05, 0) is 0 Å². The summed E-state index contributed by atoms with van der Waals surface area (Å²) in [5.41, 5.74) is 6.47.